The summed E-state index contributed by atoms with van der Waals surface area (Å²) in [6.07, 6.45) is 3.79. The van der Waals surface area contributed by atoms with Crippen molar-refractivity contribution in [3.8, 4) is 0 Å². The summed E-state index contributed by atoms with van der Waals surface area (Å²) in [7, 11) is 0. The molecule has 0 radical (unpaired) electrons. The lowest BCUT2D eigenvalue weighted by atomic mass is 9.76. The van der Waals surface area contributed by atoms with Gasteiger partial charge in [0.15, 0.2) is 0 Å². The number of carboxylic acid groups (broad SMARTS) is 1. The van der Waals surface area contributed by atoms with Crippen LogP contribution < -0.4 is 4.90 Å². The molecule has 1 aromatic heterocycles. The van der Waals surface area contributed by atoms with Crippen LogP contribution in [0.3, 0.4) is 0 Å². The number of carboxylic acids is 1. The fourth-order valence-electron chi connectivity index (χ4n) is 2.38. The van der Waals surface area contributed by atoms with E-state index >= 15 is 0 Å². The quantitative estimate of drug-likeness (QED) is 0.892. The van der Waals surface area contributed by atoms with Gasteiger partial charge in [-0.1, -0.05) is 13.8 Å². The molecule has 0 spiro atoms. The van der Waals surface area contributed by atoms with E-state index in [9.17, 15) is 9.90 Å². The Labute approximate surface area is 119 Å². The molecule has 0 saturated carbocycles. The molecule has 1 aliphatic rings. The highest BCUT2D eigenvalue weighted by Crippen LogP contribution is 2.31. The first-order valence-corrected chi connectivity index (χ1v) is 7.24. The standard InChI is InChI=1S/C14H23N3O3/c1-10(2)14(3,12(18)19)9-11-15-13(16-20-11)17-7-5-4-6-8-17/h10H,4-9H2,1-3H3,(H,18,19). The van der Waals surface area contributed by atoms with Crippen LogP contribution in [0.5, 0.6) is 0 Å². The van der Waals surface area contributed by atoms with Gasteiger partial charge in [-0.3, -0.25) is 4.79 Å². The van der Waals surface area contributed by atoms with Gasteiger partial charge in [-0.05, 0) is 37.3 Å². The number of anilines is 1. The number of carbonyl (C=O) groups is 1. The van der Waals surface area contributed by atoms with Crippen LogP contribution in [0, 0.1) is 11.3 Å². The van der Waals surface area contributed by atoms with E-state index in [1.54, 1.807) is 6.92 Å². The molecule has 6 nitrogen and oxygen atoms in total. The Hall–Kier alpha value is -1.59. The van der Waals surface area contributed by atoms with Crippen molar-refractivity contribution in [2.24, 2.45) is 11.3 Å². The van der Waals surface area contributed by atoms with Gasteiger partial charge in [0.2, 0.25) is 5.89 Å². The van der Waals surface area contributed by atoms with Crippen molar-refractivity contribution in [3.05, 3.63) is 5.89 Å². The van der Waals surface area contributed by atoms with Crippen molar-refractivity contribution >= 4 is 11.9 Å². The first-order chi connectivity index (χ1) is 9.43. The van der Waals surface area contributed by atoms with E-state index in [2.05, 4.69) is 15.0 Å². The summed E-state index contributed by atoms with van der Waals surface area (Å²) in [4.78, 5) is 17.9. The van der Waals surface area contributed by atoms with Gasteiger partial charge in [0.25, 0.3) is 5.95 Å². The Kier molecular flexibility index (Phi) is 4.30. The Morgan fingerprint density at radius 2 is 2.05 bits per heavy atom. The molecule has 1 aromatic rings. The Bertz CT molecular complexity index is 466. The van der Waals surface area contributed by atoms with Crippen molar-refractivity contribution in [2.45, 2.75) is 46.5 Å². The summed E-state index contributed by atoms with van der Waals surface area (Å²) in [5.41, 5.74) is -0.883. The normalized spacial score (nSPS) is 19.1. The molecule has 112 valence electrons. The van der Waals surface area contributed by atoms with Crippen molar-refractivity contribution in [2.75, 3.05) is 18.0 Å². The Morgan fingerprint density at radius 1 is 1.40 bits per heavy atom. The summed E-state index contributed by atoms with van der Waals surface area (Å²) in [6, 6.07) is 0. The second-order valence-electron chi connectivity index (χ2n) is 6.09. The van der Waals surface area contributed by atoms with Crippen LogP contribution in [0.1, 0.15) is 45.9 Å². The number of aromatic nitrogens is 2. The minimum atomic E-state index is -0.883. The third-order valence-corrected chi connectivity index (χ3v) is 4.38. The smallest absolute Gasteiger partial charge is 0.310 e. The first kappa shape index (κ1) is 14.8. The molecule has 0 bridgehead atoms. The van der Waals surface area contributed by atoms with Gasteiger partial charge >= 0.3 is 5.97 Å². The SMILES string of the molecule is CC(C)C(C)(Cc1nc(N2CCCCC2)no1)C(=O)O. The summed E-state index contributed by atoms with van der Waals surface area (Å²) >= 11 is 0. The molecule has 1 aliphatic heterocycles. The number of hydrogen-bond donors (Lipinski definition) is 1. The highest BCUT2D eigenvalue weighted by atomic mass is 16.5. The molecule has 0 aliphatic carbocycles. The number of hydrogen-bond acceptors (Lipinski definition) is 5. The number of piperidine rings is 1. The van der Waals surface area contributed by atoms with E-state index in [0.717, 1.165) is 25.9 Å². The van der Waals surface area contributed by atoms with Crippen LogP contribution in [-0.2, 0) is 11.2 Å². The molecule has 6 heteroatoms. The second kappa shape index (κ2) is 5.81. The Morgan fingerprint density at radius 3 is 2.60 bits per heavy atom. The molecule has 2 heterocycles. The lowest BCUT2D eigenvalue weighted by molar-refractivity contribution is -0.150. The van der Waals surface area contributed by atoms with Crippen LogP contribution in [0.25, 0.3) is 0 Å². The van der Waals surface area contributed by atoms with Gasteiger partial charge in [0, 0.05) is 19.5 Å². The minimum Gasteiger partial charge on any atom is -0.481 e. The summed E-state index contributed by atoms with van der Waals surface area (Å²) in [5, 5.41) is 13.4. The molecule has 1 fully saturated rings. The van der Waals surface area contributed by atoms with Gasteiger partial charge in [-0.15, -0.1) is 0 Å². The fourth-order valence-corrected chi connectivity index (χ4v) is 2.38. The zero-order valence-corrected chi connectivity index (χ0v) is 12.4. The van der Waals surface area contributed by atoms with E-state index in [1.807, 2.05) is 13.8 Å². The maximum absolute atomic E-state index is 11.5. The van der Waals surface area contributed by atoms with E-state index < -0.39 is 11.4 Å². The van der Waals surface area contributed by atoms with Gasteiger partial charge in [-0.25, -0.2) is 0 Å². The predicted octanol–water partition coefficient (Wildman–Crippen LogP) is 2.35. The second-order valence-corrected chi connectivity index (χ2v) is 6.09. The highest BCUT2D eigenvalue weighted by Gasteiger charge is 2.38. The van der Waals surface area contributed by atoms with Gasteiger partial charge in [0.1, 0.15) is 0 Å². The third-order valence-electron chi connectivity index (χ3n) is 4.38. The monoisotopic (exact) mass is 281 g/mol. The molecule has 0 amide bonds. The lowest BCUT2D eigenvalue weighted by Gasteiger charge is -2.27. The molecule has 1 unspecified atom stereocenters. The lowest BCUT2D eigenvalue weighted by Crippen LogP contribution is -2.35. The maximum Gasteiger partial charge on any atom is 0.310 e. The minimum absolute atomic E-state index is 0.00895. The van der Waals surface area contributed by atoms with Gasteiger partial charge in [0.05, 0.1) is 5.41 Å². The summed E-state index contributed by atoms with van der Waals surface area (Å²) < 4.78 is 5.25. The number of rotatable bonds is 5. The maximum atomic E-state index is 11.5. The van der Waals surface area contributed by atoms with Crippen molar-refractivity contribution < 1.29 is 14.4 Å². The molecule has 1 saturated heterocycles. The van der Waals surface area contributed by atoms with Gasteiger partial charge < -0.3 is 14.5 Å². The molecular weight excluding hydrogens is 258 g/mol. The fraction of sp³-hybridized carbons (Fsp3) is 0.786. The van der Waals surface area contributed by atoms with Crippen LogP contribution in [-0.4, -0.2) is 34.3 Å². The van der Waals surface area contributed by atoms with E-state index in [4.69, 9.17) is 4.52 Å². The van der Waals surface area contributed by atoms with E-state index in [1.165, 1.54) is 6.42 Å². The molecular formula is C14H23N3O3. The average Bonchev–Trinajstić information content (AvgIpc) is 2.87. The van der Waals surface area contributed by atoms with Crippen LogP contribution in [0.4, 0.5) is 5.95 Å². The van der Waals surface area contributed by atoms with Crippen molar-refractivity contribution in [3.63, 3.8) is 0 Å². The number of aliphatic carboxylic acids is 1. The van der Waals surface area contributed by atoms with Crippen LogP contribution in [0.15, 0.2) is 4.52 Å². The van der Waals surface area contributed by atoms with E-state index in [-0.39, 0.29) is 12.3 Å². The molecule has 1 atom stereocenters. The molecule has 1 N–H and O–H groups in total. The largest absolute Gasteiger partial charge is 0.481 e. The molecule has 0 aromatic carbocycles. The zero-order chi connectivity index (χ0) is 14.8. The average molecular weight is 281 g/mol. The van der Waals surface area contributed by atoms with Crippen molar-refractivity contribution in [1.82, 2.24) is 10.1 Å². The van der Waals surface area contributed by atoms with Crippen LogP contribution in [0.2, 0.25) is 0 Å². The van der Waals surface area contributed by atoms with Crippen molar-refractivity contribution in [1.29, 1.82) is 0 Å². The molecule has 2 rings (SSSR count). The van der Waals surface area contributed by atoms with E-state index in [0.29, 0.717) is 11.8 Å². The number of nitrogens with zero attached hydrogens (tertiary/aromatic N) is 3. The third kappa shape index (κ3) is 2.94. The van der Waals surface area contributed by atoms with Gasteiger partial charge in [-0.2, -0.15) is 4.98 Å². The molecule has 20 heavy (non-hydrogen) atoms. The van der Waals surface area contributed by atoms with Crippen LogP contribution >= 0.6 is 0 Å². The highest BCUT2D eigenvalue weighted by molar-refractivity contribution is 5.74. The topological polar surface area (TPSA) is 79.5 Å². The summed E-state index contributed by atoms with van der Waals surface area (Å²) in [5.74, 6) is 0.163. The first-order valence-electron chi connectivity index (χ1n) is 7.24. The summed E-state index contributed by atoms with van der Waals surface area (Å²) in [6.45, 7) is 7.41. The zero-order valence-electron chi connectivity index (χ0n) is 12.4. The predicted molar refractivity (Wildman–Crippen MR) is 74.6 cm³/mol. The Balaban J connectivity index is 2.10.